The smallest absolute Gasteiger partial charge is 0.259 e. The van der Waals surface area contributed by atoms with Crippen molar-refractivity contribution in [2.45, 2.75) is 6.42 Å². The van der Waals surface area contributed by atoms with Gasteiger partial charge in [-0.15, -0.1) is 0 Å². The Morgan fingerprint density at radius 3 is 2.35 bits per heavy atom. The van der Waals surface area contributed by atoms with E-state index in [1.165, 1.54) is 0 Å². The Morgan fingerprint density at radius 1 is 1.00 bits per heavy atom. The van der Waals surface area contributed by atoms with Crippen LogP contribution in [-0.2, 0) is 11.2 Å². The number of anilines is 3. The minimum absolute atomic E-state index is 0.337. The Bertz CT molecular complexity index is 1210. The Labute approximate surface area is 190 Å². The Hall–Kier alpha value is -3.28. The number of nitrogens with one attached hydrogen (secondary N) is 2. The molecule has 1 amide bonds. The Balaban J connectivity index is 1.76. The molecular formula is C24H19Cl2N3O2. The van der Waals surface area contributed by atoms with Crippen molar-refractivity contribution in [1.29, 1.82) is 0 Å². The minimum atomic E-state index is -0.337. The second kappa shape index (κ2) is 9.25. The number of hydrogen-bond donors (Lipinski definition) is 2. The third-order valence-corrected chi connectivity index (χ3v) is 5.45. The third-order valence-electron chi connectivity index (χ3n) is 4.79. The van der Waals surface area contributed by atoms with Crippen LogP contribution < -0.4 is 10.6 Å². The normalized spacial score (nSPS) is 12.4. The second-order valence-electron chi connectivity index (χ2n) is 6.81. The average Bonchev–Trinajstić information content (AvgIpc) is 2.98. The van der Waals surface area contributed by atoms with E-state index in [4.69, 9.17) is 32.9 Å². The van der Waals surface area contributed by atoms with Crippen LogP contribution in [0.5, 0.6) is 0 Å². The number of para-hydroxylation sites is 2. The molecule has 2 aromatic carbocycles. The molecule has 1 aromatic heterocycles. The first kappa shape index (κ1) is 21.0. The van der Waals surface area contributed by atoms with Crippen molar-refractivity contribution in [3.8, 4) is 0 Å². The number of pyridine rings is 1. The van der Waals surface area contributed by atoms with E-state index in [0.717, 1.165) is 17.0 Å². The fourth-order valence-electron chi connectivity index (χ4n) is 3.17. The summed E-state index contributed by atoms with van der Waals surface area (Å²) in [6.07, 6.45) is 6.24. The van der Waals surface area contributed by atoms with Gasteiger partial charge in [0.2, 0.25) is 0 Å². The number of amides is 1. The molecule has 5 nitrogen and oxygen atoms in total. The number of methoxy groups -OCH3 is 1. The molecule has 0 bridgehead atoms. The maximum absolute atomic E-state index is 13.2. The van der Waals surface area contributed by atoms with Crippen LogP contribution in [0.1, 0.15) is 21.6 Å². The first-order valence-corrected chi connectivity index (χ1v) is 10.3. The van der Waals surface area contributed by atoms with E-state index in [1.54, 1.807) is 43.5 Å². The van der Waals surface area contributed by atoms with Crippen molar-refractivity contribution in [3.05, 3.63) is 99.4 Å². The molecule has 31 heavy (non-hydrogen) atoms. The van der Waals surface area contributed by atoms with Gasteiger partial charge in [0.1, 0.15) is 11.6 Å². The number of benzene rings is 2. The topological polar surface area (TPSA) is 63.2 Å². The molecule has 0 saturated heterocycles. The largest absolute Gasteiger partial charge is 0.497 e. The van der Waals surface area contributed by atoms with Crippen LogP contribution in [0.25, 0.3) is 6.08 Å². The number of hydrogen-bond acceptors (Lipinski definition) is 4. The summed E-state index contributed by atoms with van der Waals surface area (Å²) >= 11 is 12.5. The molecule has 7 heteroatoms. The number of carbonyl (C=O) groups is 1. The van der Waals surface area contributed by atoms with Crippen LogP contribution in [0.15, 0.2) is 72.5 Å². The molecule has 1 aliphatic carbocycles. The van der Waals surface area contributed by atoms with Crippen molar-refractivity contribution >= 4 is 52.4 Å². The fraction of sp³-hybridized carbons (Fsp3) is 0.0833. The molecule has 0 spiro atoms. The zero-order valence-corrected chi connectivity index (χ0v) is 18.2. The molecular weight excluding hydrogens is 433 g/mol. The molecule has 3 aromatic rings. The highest BCUT2D eigenvalue weighted by molar-refractivity contribution is 6.34. The van der Waals surface area contributed by atoms with Gasteiger partial charge < -0.3 is 15.4 Å². The van der Waals surface area contributed by atoms with E-state index >= 15 is 0 Å². The number of rotatable bonds is 5. The summed E-state index contributed by atoms with van der Waals surface area (Å²) in [7, 11) is 1.62. The molecule has 4 rings (SSSR count). The summed E-state index contributed by atoms with van der Waals surface area (Å²) in [4.78, 5) is 18.0. The lowest BCUT2D eigenvalue weighted by Crippen LogP contribution is -2.16. The molecule has 1 aliphatic rings. The zero-order valence-electron chi connectivity index (χ0n) is 16.7. The monoisotopic (exact) mass is 451 g/mol. The maximum atomic E-state index is 13.2. The van der Waals surface area contributed by atoms with Gasteiger partial charge in [-0.25, -0.2) is 4.98 Å². The van der Waals surface area contributed by atoms with E-state index in [-0.39, 0.29) is 5.91 Å². The lowest BCUT2D eigenvalue weighted by Gasteiger charge is -2.16. The highest BCUT2D eigenvalue weighted by atomic mass is 35.5. The summed E-state index contributed by atoms with van der Waals surface area (Å²) in [6.45, 7) is 0. The van der Waals surface area contributed by atoms with Crippen LogP contribution in [0, 0.1) is 0 Å². The number of fused-ring (bicyclic) bond motifs is 1. The molecule has 0 atom stereocenters. The van der Waals surface area contributed by atoms with Gasteiger partial charge in [-0.05, 0) is 54.1 Å². The molecule has 0 aliphatic heterocycles. The van der Waals surface area contributed by atoms with Crippen LogP contribution >= 0.6 is 23.2 Å². The van der Waals surface area contributed by atoms with Gasteiger partial charge in [0.05, 0.1) is 39.8 Å². The van der Waals surface area contributed by atoms with Gasteiger partial charge in [0.15, 0.2) is 0 Å². The minimum Gasteiger partial charge on any atom is -0.497 e. The van der Waals surface area contributed by atoms with Crippen molar-refractivity contribution < 1.29 is 9.53 Å². The van der Waals surface area contributed by atoms with E-state index in [1.807, 2.05) is 36.4 Å². The van der Waals surface area contributed by atoms with Crippen molar-refractivity contribution in [3.63, 3.8) is 0 Å². The Morgan fingerprint density at radius 2 is 1.68 bits per heavy atom. The van der Waals surface area contributed by atoms with Gasteiger partial charge in [0.25, 0.3) is 5.91 Å². The summed E-state index contributed by atoms with van der Waals surface area (Å²) < 4.78 is 5.33. The van der Waals surface area contributed by atoms with Gasteiger partial charge in [-0.1, -0.05) is 47.5 Å². The average molecular weight is 452 g/mol. The van der Waals surface area contributed by atoms with Crippen molar-refractivity contribution in [2.75, 3.05) is 17.7 Å². The summed E-state index contributed by atoms with van der Waals surface area (Å²) in [5, 5.41) is 7.05. The molecule has 1 heterocycles. The molecule has 0 saturated carbocycles. The molecule has 0 fully saturated rings. The van der Waals surface area contributed by atoms with Gasteiger partial charge in [-0.3, -0.25) is 4.79 Å². The maximum Gasteiger partial charge on any atom is 0.259 e. The summed E-state index contributed by atoms with van der Waals surface area (Å²) in [5.74, 6) is 0.801. The second-order valence-corrected chi connectivity index (χ2v) is 7.62. The molecule has 0 radical (unpaired) electrons. The van der Waals surface area contributed by atoms with Crippen LogP contribution in [0.3, 0.4) is 0 Å². The van der Waals surface area contributed by atoms with E-state index in [9.17, 15) is 4.79 Å². The van der Waals surface area contributed by atoms with Crippen LogP contribution in [-0.4, -0.2) is 18.0 Å². The highest BCUT2D eigenvalue weighted by Crippen LogP contribution is 2.30. The van der Waals surface area contributed by atoms with E-state index < -0.39 is 0 Å². The van der Waals surface area contributed by atoms with E-state index in [2.05, 4.69) is 10.6 Å². The van der Waals surface area contributed by atoms with Crippen LogP contribution in [0.2, 0.25) is 10.0 Å². The molecule has 0 unspecified atom stereocenters. The predicted molar refractivity (Wildman–Crippen MR) is 126 cm³/mol. The first-order valence-electron chi connectivity index (χ1n) is 9.58. The summed E-state index contributed by atoms with van der Waals surface area (Å²) in [5.41, 5.74) is 3.18. The highest BCUT2D eigenvalue weighted by Gasteiger charge is 2.19. The molecule has 156 valence electrons. The quantitative estimate of drug-likeness (QED) is 0.465. The van der Waals surface area contributed by atoms with Crippen LogP contribution in [0.4, 0.5) is 17.2 Å². The lowest BCUT2D eigenvalue weighted by atomic mass is 10.1. The van der Waals surface area contributed by atoms with Crippen molar-refractivity contribution in [1.82, 2.24) is 4.98 Å². The van der Waals surface area contributed by atoms with E-state index in [0.29, 0.717) is 39.2 Å². The number of aromatic nitrogens is 1. The van der Waals surface area contributed by atoms with Gasteiger partial charge in [-0.2, -0.15) is 0 Å². The first-order chi connectivity index (χ1) is 15.0. The lowest BCUT2D eigenvalue weighted by molar-refractivity contribution is 0.102. The fourth-order valence-corrected chi connectivity index (χ4v) is 3.54. The number of nitrogens with zero attached hydrogens (tertiary/aromatic N) is 1. The number of halogens is 2. The molecule has 2 N–H and O–H groups in total. The Kier molecular flexibility index (Phi) is 6.26. The number of carbonyl (C=O) groups excluding carboxylic acids is 1. The van der Waals surface area contributed by atoms with Gasteiger partial charge >= 0.3 is 0 Å². The summed E-state index contributed by atoms with van der Waals surface area (Å²) in [6, 6.07) is 16.2. The van der Waals surface area contributed by atoms with Gasteiger partial charge in [0, 0.05) is 6.42 Å². The predicted octanol–water partition coefficient (Wildman–Crippen LogP) is 6.48. The third kappa shape index (κ3) is 4.74. The number of allylic oxidation sites excluding steroid dienone is 2. The number of ether oxygens (including phenoxy) is 1. The SMILES string of the molecule is COC1=CCc2nc(Nc3ccccc3Cl)c(C(=O)Nc3ccccc3Cl)cc2C=C1. The zero-order chi connectivity index (χ0) is 21.8. The standard InChI is InChI=1S/C24H19Cl2N3O2/c1-31-16-11-10-15-14-17(24(30)29-22-9-5-3-7-19(22)26)23(27-20(15)13-12-16)28-21-8-4-2-6-18(21)25/h2-12,14H,13H2,1H3,(H,27,28)(H,29,30). The van der Waals surface area contributed by atoms with Crippen molar-refractivity contribution in [2.24, 2.45) is 0 Å².